The summed E-state index contributed by atoms with van der Waals surface area (Å²) >= 11 is 45.9. The van der Waals surface area contributed by atoms with Crippen molar-refractivity contribution in [1.29, 1.82) is 15.8 Å². The Morgan fingerprint density at radius 3 is 1.21 bits per heavy atom. The van der Waals surface area contributed by atoms with Crippen molar-refractivity contribution in [2.24, 2.45) is 0 Å². The van der Waals surface area contributed by atoms with E-state index in [1.807, 2.05) is 32.1 Å². The van der Waals surface area contributed by atoms with Gasteiger partial charge in [-0.3, -0.25) is 14.4 Å². The van der Waals surface area contributed by atoms with Gasteiger partial charge in [0.1, 0.15) is 110 Å². The first-order chi connectivity index (χ1) is 59.6. The Morgan fingerprint density at radius 1 is 0.504 bits per heavy atom. The molecule has 1 heterocycles. The number of ketones is 1. The largest absolute Gasteiger partial charge is 2.00 e. The van der Waals surface area contributed by atoms with Crippen molar-refractivity contribution in [3.05, 3.63) is 221 Å². The molecule has 131 heavy (non-hydrogen) atoms. The van der Waals surface area contributed by atoms with E-state index in [0.717, 1.165) is 22.4 Å². The Morgan fingerprint density at radius 2 is 0.847 bits per heavy atom. The molecule has 0 atom stereocenters. The number of halogens is 11. The number of ether oxygens (including phenoxy) is 12. The molecule has 0 fully saturated rings. The first-order valence-electron chi connectivity index (χ1n) is 36.6. The molecule has 0 spiro atoms. The summed E-state index contributed by atoms with van der Waals surface area (Å²) in [5.74, 6) is 5.12. The Labute approximate surface area is 829 Å². The molecule has 0 aliphatic rings. The molecule has 0 saturated heterocycles. The van der Waals surface area contributed by atoms with Gasteiger partial charge in [0, 0.05) is 77.2 Å². The maximum atomic E-state index is 14.4. The van der Waals surface area contributed by atoms with Crippen LogP contribution in [0.2, 0.25) is 35.2 Å². The van der Waals surface area contributed by atoms with Crippen LogP contribution < -0.4 is 85.3 Å². The van der Waals surface area contributed by atoms with Crippen LogP contribution in [0.5, 0.6) is 86.2 Å². The molecule has 8 aromatic carbocycles. The molecule has 1 aromatic heterocycles. The van der Waals surface area contributed by atoms with Crippen LogP contribution in [0.1, 0.15) is 120 Å². The summed E-state index contributed by atoms with van der Waals surface area (Å²) in [4.78, 5) is 30.7. The molecule has 0 bridgehead atoms. The third-order valence-electron chi connectivity index (χ3n) is 15.8. The topological polar surface area (TPSA) is 423 Å². The van der Waals surface area contributed by atoms with Gasteiger partial charge in [-0.1, -0.05) is 105 Å². The minimum atomic E-state index is -3.75. The number of Topliss-reactive ketones (excluding diaryl/α,β-unsaturated/α-hetero) is 1. The third-order valence-corrected chi connectivity index (χ3v) is 19.2. The molecule has 42 heteroatoms. The number of anilines is 2. The Bertz CT molecular complexity index is 5450. The number of hydrogen-bond acceptors (Lipinski definition) is 28. The first-order valence-corrected chi connectivity index (χ1v) is 41.1. The quantitative estimate of drug-likeness (QED) is 0.0102. The van der Waals surface area contributed by atoms with Crippen LogP contribution in [-0.4, -0.2) is 156 Å². The number of aliphatic hydroxyl groups is 2. The average molecular weight is 2080 g/mol. The molecule has 0 amide bonds. The second-order valence-corrected chi connectivity index (χ2v) is 32.4. The van der Waals surface area contributed by atoms with Crippen molar-refractivity contribution in [2.75, 3.05) is 94.9 Å². The number of phenols is 2. The first kappa shape index (κ1) is 125. The summed E-state index contributed by atoms with van der Waals surface area (Å²) in [7, 11) is 8.27. The van der Waals surface area contributed by atoms with Crippen LogP contribution in [0.4, 0.5) is 20.5 Å². The number of nitrogens with two attached hydrogens (primary N) is 2. The van der Waals surface area contributed by atoms with Crippen LogP contribution in [0.3, 0.4) is 0 Å². The van der Waals surface area contributed by atoms with Gasteiger partial charge in [-0.2, -0.15) is 33.4 Å². The Hall–Kier alpha value is -10.1. The van der Waals surface area contributed by atoms with Crippen molar-refractivity contribution in [1.82, 2.24) is 9.97 Å². The number of alkyl halides is 2. The number of carbonyl (C=O) groups excluding carboxylic acids is 2. The van der Waals surface area contributed by atoms with Gasteiger partial charge in [-0.05, 0) is 154 Å². The summed E-state index contributed by atoms with van der Waals surface area (Å²) < 4.78 is 117. The number of aryl methyl sites for hydroxylation is 1. The summed E-state index contributed by atoms with van der Waals surface area (Å²) in [6.45, 7) is 27.8. The predicted octanol–water partition coefficient (Wildman–Crippen LogP) is 18.8. The standard InChI is InChI=1S/C14H16ClFN4O2.C12H13ClFNO2.C12H14ClNO3.C12H12ClNO2.C10H13ClO3.C9H9ClO3.C9H9NO3S.C8H9ClO2.C2H3ClO.CH3.BrH.Mg/c1-14(2,16)7-4-10(21-3)8(15)5-9(7)22-11-6-19-13(18)20-12(11)17;1-12(2,14)8-6-11(16-3)9(13)7-10(8)17-5-4-15;1-12(2,15)8-6-11(16-3)9(13)7-10(8)17-5-4-14;1-8(2)9-6-12(15-3)10(13)7-11(9)16-5-4-14;1-10(2,13)6-4-9(14-3)7(11)5-8(6)12;1-5(11)6-3-9(13-2)7(10)4-8(6)12;1-8-3-5-9(6-4-8)14(11,12)13-7-10-2;1-10-6-3-4-8(11-2)7(9)5-6;1-2(3)4;;;/h4-6H,1-3H3,(H4,17,18,19,20);6-7H,5H2,1-3H3;6-7,15H,5H2,1-3H3;6-7H,1,5H2,2-3H3;4-5,12-13H,1-3H3;3-4,12H,1-2H3;3-6H,7H2,1H3;3-5H,1-2H3;1H3;1H3;1H;/q;;;;;;;;;-1;;+2/p-1. The van der Waals surface area contributed by atoms with E-state index in [2.05, 4.69) is 37.2 Å². The van der Waals surface area contributed by atoms with Gasteiger partial charge in [-0.25, -0.2) is 20.3 Å². The smallest absolute Gasteiger partial charge is 1.00 e. The molecular weight excluding hydrogens is 1970 g/mol. The summed E-state index contributed by atoms with van der Waals surface area (Å²) in [6.07, 6.45) is 1.31. The monoisotopic (exact) mass is 2070 g/mol. The van der Waals surface area contributed by atoms with Crippen LogP contribution >= 0.6 is 92.8 Å². The second kappa shape index (κ2) is 60.2. The van der Waals surface area contributed by atoms with Crippen LogP contribution in [0.15, 0.2) is 133 Å². The van der Waals surface area contributed by atoms with Crippen molar-refractivity contribution in [3.63, 3.8) is 0 Å². The zero-order valence-corrected chi connectivity index (χ0v) is 85.3. The molecule has 0 aliphatic carbocycles. The fourth-order valence-corrected chi connectivity index (χ4v) is 12.1. The third kappa shape index (κ3) is 43.0. The maximum Gasteiger partial charge on any atom is 2.00 e. The van der Waals surface area contributed by atoms with E-state index in [1.54, 1.807) is 97.6 Å². The number of rotatable bonds is 25. The van der Waals surface area contributed by atoms with Gasteiger partial charge in [0.25, 0.3) is 0 Å². The number of hydrogen-bond donors (Lipinski definition) is 6. The van der Waals surface area contributed by atoms with Crippen molar-refractivity contribution in [2.45, 2.75) is 111 Å². The van der Waals surface area contributed by atoms with Crippen LogP contribution in [0.25, 0.3) is 10.4 Å². The second-order valence-electron chi connectivity index (χ2n) is 27.4. The number of carbonyl (C=O) groups is 2. The molecule has 0 saturated carbocycles. The molecule has 9 rings (SSSR count). The molecule has 8 N–H and O–H groups in total. The SMILES string of the molecule is C=C(C)c1cc(OC)c(Cl)cc1OCC#N.CC(=O)Cl.COc1cc(C(C)(C)F)c(OCC#N)cc1Cl.COc1cc(C(C)(C)F)c(Oc2cnc(N)nc2N)cc1Cl.COc1cc(C(C)(C)O)c(O)cc1Cl.COc1cc(C(C)(C)O)c(OCC#N)cc1Cl.COc1cc(C(C)=O)c(O)cc1Cl.COc1ccc(OC)c(Cl)c1.[Br-].[C-]#[N+]COS(=O)(=O)c1ccc(C)cc1.[CH3-].[Mg+2]. The van der Waals surface area contributed by atoms with Crippen molar-refractivity contribution < 1.29 is 125 Å². The molecule has 0 aliphatic heterocycles. The molecule has 29 nitrogen and oxygen atoms in total. The normalized spacial score (nSPS) is 10.2. The number of allylic oxidation sites excluding steroid dienone is 1. The van der Waals surface area contributed by atoms with E-state index in [-0.39, 0.29) is 145 Å². The number of nitriles is 3. The summed E-state index contributed by atoms with van der Waals surface area (Å²) in [5, 5.41) is 66.2. The van der Waals surface area contributed by atoms with E-state index in [1.165, 1.54) is 150 Å². The minimum absolute atomic E-state index is 0. The minimum Gasteiger partial charge on any atom is -1.00 e. The molecule has 0 unspecified atom stereocenters. The number of methoxy groups -OCH3 is 8. The van der Waals surface area contributed by atoms with Gasteiger partial charge in [0.2, 0.25) is 11.2 Å². The van der Waals surface area contributed by atoms with Gasteiger partial charge in [0.05, 0.1) is 120 Å². The van der Waals surface area contributed by atoms with Crippen LogP contribution in [-0.2, 0) is 41.6 Å². The molecule has 0 radical (unpaired) electrons. The zero-order chi connectivity index (χ0) is 98.1. The summed E-state index contributed by atoms with van der Waals surface area (Å²) in [5.41, 5.74) is 9.87. The van der Waals surface area contributed by atoms with Gasteiger partial charge >= 0.3 is 39.9 Å². The number of nitrogens with zero attached hydrogens (tertiary/aromatic N) is 6. The van der Waals surface area contributed by atoms with E-state index < -0.39 is 39.4 Å². The van der Waals surface area contributed by atoms with Crippen molar-refractivity contribution >= 4 is 154 Å². The number of aromatic nitrogens is 2. The zero-order valence-electron chi connectivity index (χ0n) is 75.4. The fraction of sp³-hybridized carbons (Fsp3) is 0.315. The molecular formula is C89H101BrCl8F2MgN8O21S. The Kier molecular flexibility index (Phi) is 57.4. The van der Waals surface area contributed by atoms with Gasteiger partial charge in [0.15, 0.2) is 37.2 Å². The van der Waals surface area contributed by atoms with E-state index in [4.69, 9.17) is 172 Å². The van der Waals surface area contributed by atoms with E-state index >= 15 is 0 Å². The molecule has 9 aromatic rings. The predicted molar refractivity (Wildman–Crippen MR) is 503 cm³/mol. The van der Waals surface area contributed by atoms with Crippen LogP contribution in [0, 0.1) is 54.9 Å². The molecule has 708 valence electrons. The summed E-state index contributed by atoms with van der Waals surface area (Å²) in [6, 6.07) is 35.1. The number of nitrogen functional groups attached to an aromatic ring is 2. The van der Waals surface area contributed by atoms with Gasteiger partial charge in [-0.15, -0.1) is 0 Å². The van der Waals surface area contributed by atoms with Gasteiger partial charge < -0.3 is 113 Å². The number of benzene rings is 8. The number of phenolic OH excluding ortho intramolecular Hbond substituents is 2. The fourth-order valence-electron chi connectivity index (χ4n) is 9.69. The Balaban J connectivity index is -0.00000142. The van der Waals surface area contributed by atoms with E-state index in [0.29, 0.717) is 93.5 Å². The van der Waals surface area contributed by atoms with E-state index in [9.17, 15) is 47.2 Å². The maximum absolute atomic E-state index is 14.4. The average Bonchev–Trinajstić information content (AvgIpc) is 0.915. The van der Waals surface area contributed by atoms with Crippen molar-refractivity contribution in [3.8, 4) is 104 Å². The number of aromatic hydroxyl groups is 2.